The van der Waals surface area contributed by atoms with Gasteiger partial charge in [0.05, 0.1) is 6.10 Å². The number of hydrogen-bond acceptors (Lipinski definition) is 2. The zero-order valence-electron chi connectivity index (χ0n) is 7.75. The van der Waals surface area contributed by atoms with Crippen molar-refractivity contribution in [3.63, 3.8) is 0 Å². The Morgan fingerprint density at radius 3 is 2.64 bits per heavy atom. The number of likely N-dealkylation sites (tertiary alicyclic amines) is 1. The quantitative estimate of drug-likeness (QED) is 0.682. The predicted molar refractivity (Wildman–Crippen MR) is 44.9 cm³/mol. The summed E-state index contributed by atoms with van der Waals surface area (Å²) in [6.45, 7) is 0.716. The molecule has 0 spiro atoms. The highest BCUT2D eigenvalue weighted by Crippen LogP contribution is 2.49. The molecule has 1 unspecified atom stereocenters. The number of β-amino-alcohol motifs (C(OH)–C–C–N with tert-alkyl or cyclic N) is 1. The average Bonchev–Trinajstić information content (AvgIpc) is 2.74. The number of nitrogens with zero attached hydrogens (tertiary/aromatic N) is 1. The monoisotopic (exact) mass is 205 g/mol. The van der Waals surface area contributed by atoms with E-state index in [0.29, 0.717) is 19.4 Å². The highest BCUT2D eigenvalue weighted by atomic mass is 19.3. The van der Waals surface area contributed by atoms with E-state index in [9.17, 15) is 18.7 Å². The molecule has 2 fully saturated rings. The van der Waals surface area contributed by atoms with Gasteiger partial charge < -0.3 is 10.0 Å². The maximum absolute atomic E-state index is 12.6. The van der Waals surface area contributed by atoms with Crippen LogP contribution in [0.3, 0.4) is 0 Å². The first-order chi connectivity index (χ1) is 6.50. The molecule has 1 aliphatic heterocycles. The Labute approximate surface area is 80.7 Å². The molecule has 2 aliphatic rings. The molecule has 14 heavy (non-hydrogen) atoms. The van der Waals surface area contributed by atoms with E-state index in [1.54, 1.807) is 0 Å². The molecule has 80 valence electrons. The van der Waals surface area contributed by atoms with E-state index < -0.39 is 23.9 Å². The minimum absolute atomic E-state index is 0.214. The van der Waals surface area contributed by atoms with Crippen LogP contribution in [0.2, 0.25) is 0 Å². The fraction of sp³-hybridized carbons (Fsp3) is 0.889. The van der Waals surface area contributed by atoms with E-state index in [0.717, 1.165) is 0 Å². The minimum Gasteiger partial charge on any atom is -0.391 e. The first kappa shape index (κ1) is 9.83. The van der Waals surface area contributed by atoms with E-state index in [-0.39, 0.29) is 13.0 Å². The van der Waals surface area contributed by atoms with Crippen LogP contribution in [-0.2, 0) is 4.79 Å². The van der Waals surface area contributed by atoms with Crippen LogP contribution < -0.4 is 0 Å². The number of carbonyl (C=O) groups excluding carboxylic acids is 1. The van der Waals surface area contributed by atoms with Gasteiger partial charge in [0.15, 0.2) is 0 Å². The summed E-state index contributed by atoms with van der Waals surface area (Å²) in [6, 6.07) is 0. The molecule has 0 aromatic rings. The standard InChI is InChI=1S/C9H13F2NO2/c10-9(11)4-7(9)8(14)12-3-1-2-6(13)5-12/h6-7,13H,1-5H2/t6-,7?/m1/s1. The van der Waals surface area contributed by atoms with Crippen molar-refractivity contribution >= 4 is 5.91 Å². The number of hydrogen-bond donors (Lipinski definition) is 1. The van der Waals surface area contributed by atoms with Gasteiger partial charge in [0.25, 0.3) is 5.92 Å². The first-order valence-electron chi connectivity index (χ1n) is 4.85. The van der Waals surface area contributed by atoms with Crippen LogP contribution in [0.15, 0.2) is 0 Å². The van der Waals surface area contributed by atoms with Crippen molar-refractivity contribution in [1.29, 1.82) is 0 Å². The zero-order chi connectivity index (χ0) is 10.3. The fourth-order valence-corrected chi connectivity index (χ4v) is 1.86. The number of aliphatic hydroxyl groups excluding tert-OH is 1. The predicted octanol–water partition coefficient (Wildman–Crippen LogP) is 0.625. The molecule has 2 atom stereocenters. The lowest BCUT2D eigenvalue weighted by Gasteiger charge is -2.30. The van der Waals surface area contributed by atoms with E-state index in [1.165, 1.54) is 4.90 Å². The summed E-state index contributed by atoms with van der Waals surface area (Å²) in [6.07, 6.45) is 0.495. The van der Waals surface area contributed by atoms with Gasteiger partial charge in [-0.3, -0.25) is 4.79 Å². The Morgan fingerprint density at radius 2 is 2.14 bits per heavy atom. The van der Waals surface area contributed by atoms with E-state index >= 15 is 0 Å². The summed E-state index contributed by atoms with van der Waals surface area (Å²) in [5, 5.41) is 9.28. The Bertz CT molecular complexity index is 257. The topological polar surface area (TPSA) is 40.5 Å². The number of halogens is 2. The van der Waals surface area contributed by atoms with Crippen LogP contribution >= 0.6 is 0 Å². The van der Waals surface area contributed by atoms with Gasteiger partial charge in [-0.25, -0.2) is 8.78 Å². The average molecular weight is 205 g/mol. The molecule has 1 heterocycles. The summed E-state index contributed by atoms with van der Waals surface area (Å²) >= 11 is 0. The molecule has 2 rings (SSSR count). The van der Waals surface area contributed by atoms with Crippen molar-refractivity contribution < 1.29 is 18.7 Å². The molecule has 0 bridgehead atoms. The Balaban J connectivity index is 1.92. The van der Waals surface area contributed by atoms with E-state index in [4.69, 9.17) is 0 Å². The zero-order valence-corrected chi connectivity index (χ0v) is 7.75. The van der Waals surface area contributed by atoms with Gasteiger partial charge in [0.1, 0.15) is 5.92 Å². The van der Waals surface area contributed by atoms with Crippen LogP contribution in [-0.4, -0.2) is 41.0 Å². The Morgan fingerprint density at radius 1 is 1.50 bits per heavy atom. The third-order valence-corrected chi connectivity index (χ3v) is 2.83. The fourth-order valence-electron chi connectivity index (χ4n) is 1.86. The smallest absolute Gasteiger partial charge is 0.260 e. The molecule has 1 aliphatic carbocycles. The molecule has 1 saturated carbocycles. The van der Waals surface area contributed by atoms with Gasteiger partial charge in [-0.1, -0.05) is 0 Å². The van der Waals surface area contributed by atoms with E-state index in [1.807, 2.05) is 0 Å². The third-order valence-electron chi connectivity index (χ3n) is 2.83. The third kappa shape index (κ3) is 1.73. The maximum Gasteiger partial charge on any atom is 0.260 e. The minimum atomic E-state index is -2.79. The molecule has 1 amide bonds. The lowest BCUT2D eigenvalue weighted by Crippen LogP contribution is -2.43. The van der Waals surface area contributed by atoms with Crippen molar-refractivity contribution in [2.24, 2.45) is 5.92 Å². The molecular formula is C9H13F2NO2. The molecule has 0 aromatic heterocycles. The second kappa shape index (κ2) is 3.15. The largest absolute Gasteiger partial charge is 0.391 e. The lowest BCUT2D eigenvalue weighted by atomic mass is 10.1. The maximum atomic E-state index is 12.6. The lowest BCUT2D eigenvalue weighted by molar-refractivity contribution is -0.137. The highest BCUT2D eigenvalue weighted by molar-refractivity contribution is 5.83. The molecule has 1 N–H and O–H groups in total. The van der Waals surface area contributed by atoms with Gasteiger partial charge in [-0.15, -0.1) is 0 Å². The van der Waals surface area contributed by atoms with Gasteiger partial charge in [-0.2, -0.15) is 0 Å². The number of rotatable bonds is 1. The van der Waals surface area contributed by atoms with Crippen molar-refractivity contribution in [2.45, 2.75) is 31.3 Å². The first-order valence-corrected chi connectivity index (χ1v) is 4.85. The number of amides is 1. The van der Waals surface area contributed by atoms with Crippen LogP contribution in [0.1, 0.15) is 19.3 Å². The summed E-state index contributed by atoms with van der Waals surface area (Å²) in [4.78, 5) is 12.8. The number of alkyl halides is 2. The second-order valence-electron chi connectivity index (χ2n) is 4.10. The van der Waals surface area contributed by atoms with Gasteiger partial charge in [0.2, 0.25) is 5.91 Å². The molecule has 0 aromatic carbocycles. The van der Waals surface area contributed by atoms with Crippen molar-refractivity contribution in [3.05, 3.63) is 0 Å². The Hall–Kier alpha value is -0.710. The Kier molecular flexibility index (Phi) is 2.21. The highest BCUT2D eigenvalue weighted by Gasteiger charge is 2.62. The summed E-state index contributed by atoms with van der Waals surface area (Å²) in [5.74, 6) is -4.40. The van der Waals surface area contributed by atoms with Gasteiger partial charge in [-0.05, 0) is 12.8 Å². The van der Waals surface area contributed by atoms with Crippen molar-refractivity contribution in [2.75, 3.05) is 13.1 Å². The number of piperidine rings is 1. The SMILES string of the molecule is O=C(C1CC1(F)F)N1CCC[C@@H](O)C1. The molecule has 0 radical (unpaired) electrons. The van der Waals surface area contributed by atoms with Crippen molar-refractivity contribution in [1.82, 2.24) is 4.90 Å². The van der Waals surface area contributed by atoms with E-state index in [2.05, 4.69) is 0 Å². The van der Waals surface area contributed by atoms with Gasteiger partial charge >= 0.3 is 0 Å². The molecule has 3 nitrogen and oxygen atoms in total. The van der Waals surface area contributed by atoms with Crippen LogP contribution in [0.4, 0.5) is 8.78 Å². The number of aliphatic hydroxyl groups is 1. The normalized spacial score (nSPS) is 35.5. The van der Waals surface area contributed by atoms with Crippen LogP contribution in [0.25, 0.3) is 0 Å². The summed E-state index contributed by atoms with van der Waals surface area (Å²) in [7, 11) is 0. The molecule has 5 heteroatoms. The van der Waals surface area contributed by atoms with Crippen LogP contribution in [0.5, 0.6) is 0 Å². The summed E-state index contributed by atoms with van der Waals surface area (Å²) in [5.41, 5.74) is 0. The molecular weight excluding hydrogens is 192 g/mol. The number of carbonyl (C=O) groups is 1. The summed E-state index contributed by atoms with van der Waals surface area (Å²) < 4.78 is 25.2. The van der Waals surface area contributed by atoms with Gasteiger partial charge in [0, 0.05) is 19.5 Å². The van der Waals surface area contributed by atoms with Crippen molar-refractivity contribution in [3.8, 4) is 0 Å². The molecule has 1 saturated heterocycles. The van der Waals surface area contributed by atoms with Crippen LogP contribution in [0, 0.1) is 5.92 Å². The second-order valence-corrected chi connectivity index (χ2v) is 4.10.